The van der Waals surface area contributed by atoms with Gasteiger partial charge in [0.15, 0.2) is 0 Å². The third-order valence-electron chi connectivity index (χ3n) is 2.49. The minimum Gasteiger partial charge on any atom is -0.354 e. The summed E-state index contributed by atoms with van der Waals surface area (Å²) in [7, 11) is 0. The molecule has 15 heavy (non-hydrogen) atoms. The molecule has 2 aromatic rings. The summed E-state index contributed by atoms with van der Waals surface area (Å²) in [5, 5.41) is 0. The molecule has 0 aliphatic rings. The van der Waals surface area contributed by atoms with Crippen molar-refractivity contribution in [3.63, 3.8) is 0 Å². The molecule has 2 N–H and O–H groups in total. The fourth-order valence-corrected chi connectivity index (χ4v) is 2.32. The normalized spacial score (nSPS) is 10.8. The first kappa shape index (κ1) is 10.4. The first-order chi connectivity index (χ1) is 7.29. The van der Waals surface area contributed by atoms with Gasteiger partial charge >= 0.3 is 0 Å². The van der Waals surface area contributed by atoms with E-state index in [0.717, 1.165) is 18.7 Å². The van der Waals surface area contributed by atoms with E-state index in [1.54, 1.807) is 11.3 Å². The molecule has 0 unspecified atom stereocenters. The second kappa shape index (κ2) is 4.59. The van der Waals surface area contributed by atoms with E-state index in [1.807, 2.05) is 5.51 Å². The molecule has 0 amide bonds. The van der Waals surface area contributed by atoms with E-state index in [2.05, 4.69) is 34.9 Å². The molecule has 0 spiro atoms. The molecule has 4 heteroatoms. The van der Waals surface area contributed by atoms with Crippen LogP contribution in [0, 0.1) is 6.92 Å². The van der Waals surface area contributed by atoms with Crippen LogP contribution in [0.15, 0.2) is 24.0 Å². The summed E-state index contributed by atoms with van der Waals surface area (Å²) in [6, 6.07) is 2.07. The van der Waals surface area contributed by atoms with Gasteiger partial charge in [-0.2, -0.15) is 0 Å². The number of hydrogen-bond donors (Lipinski definition) is 1. The van der Waals surface area contributed by atoms with Crippen LogP contribution in [0.2, 0.25) is 0 Å². The number of thiazole rings is 1. The molecule has 0 aromatic carbocycles. The van der Waals surface area contributed by atoms with Crippen molar-refractivity contribution in [2.75, 3.05) is 0 Å². The van der Waals surface area contributed by atoms with Crippen LogP contribution in [-0.4, -0.2) is 9.55 Å². The number of rotatable bonds is 4. The highest BCUT2D eigenvalue weighted by Gasteiger charge is 2.01. The lowest BCUT2D eigenvalue weighted by Gasteiger charge is -2.01. The van der Waals surface area contributed by atoms with E-state index < -0.39 is 0 Å². The zero-order valence-electron chi connectivity index (χ0n) is 8.81. The van der Waals surface area contributed by atoms with Crippen molar-refractivity contribution in [3.8, 4) is 0 Å². The van der Waals surface area contributed by atoms with Crippen molar-refractivity contribution < 1.29 is 0 Å². The molecule has 0 saturated carbocycles. The largest absolute Gasteiger partial charge is 0.354 e. The molecular weight excluding hydrogens is 206 g/mol. The lowest BCUT2D eigenvalue weighted by atomic mass is 10.3. The average molecular weight is 221 g/mol. The number of aromatic nitrogens is 2. The third kappa shape index (κ3) is 2.46. The minimum atomic E-state index is 0.618. The van der Waals surface area contributed by atoms with Crippen LogP contribution in [0.1, 0.15) is 16.1 Å². The van der Waals surface area contributed by atoms with Gasteiger partial charge in [0, 0.05) is 36.8 Å². The van der Waals surface area contributed by atoms with Crippen LogP contribution in [0.4, 0.5) is 0 Å². The lowest BCUT2D eigenvalue weighted by molar-refractivity contribution is 0.702. The van der Waals surface area contributed by atoms with Crippen molar-refractivity contribution in [2.24, 2.45) is 5.73 Å². The van der Waals surface area contributed by atoms with Crippen molar-refractivity contribution in [3.05, 3.63) is 40.1 Å². The van der Waals surface area contributed by atoms with Crippen molar-refractivity contribution in [2.45, 2.75) is 26.4 Å². The van der Waals surface area contributed by atoms with Crippen LogP contribution >= 0.6 is 11.3 Å². The van der Waals surface area contributed by atoms with E-state index in [0.29, 0.717) is 6.54 Å². The van der Waals surface area contributed by atoms with E-state index in [4.69, 9.17) is 5.73 Å². The summed E-state index contributed by atoms with van der Waals surface area (Å²) in [5.74, 6) is 0. The fraction of sp³-hybridized carbons (Fsp3) is 0.364. The van der Waals surface area contributed by atoms with Gasteiger partial charge in [-0.25, -0.2) is 4.98 Å². The van der Waals surface area contributed by atoms with E-state index >= 15 is 0 Å². The Kier molecular flexibility index (Phi) is 3.18. The minimum absolute atomic E-state index is 0.618. The van der Waals surface area contributed by atoms with Gasteiger partial charge in [0.2, 0.25) is 0 Å². The summed E-state index contributed by atoms with van der Waals surface area (Å²) in [4.78, 5) is 5.61. The molecule has 0 atom stereocenters. The molecule has 0 saturated heterocycles. The maximum absolute atomic E-state index is 5.56. The van der Waals surface area contributed by atoms with Gasteiger partial charge in [0.05, 0.1) is 11.2 Å². The highest BCUT2D eigenvalue weighted by molar-refractivity contribution is 7.09. The van der Waals surface area contributed by atoms with Crippen molar-refractivity contribution in [1.29, 1.82) is 0 Å². The molecule has 2 rings (SSSR count). The zero-order chi connectivity index (χ0) is 10.7. The highest BCUT2D eigenvalue weighted by Crippen LogP contribution is 2.13. The van der Waals surface area contributed by atoms with Gasteiger partial charge in [-0.1, -0.05) is 0 Å². The summed E-state index contributed by atoms with van der Waals surface area (Å²) >= 11 is 1.73. The molecule has 2 heterocycles. The van der Waals surface area contributed by atoms with Gasteiger partial charge in [-0.15, -0.1) is 11.3 Å². The topological polar surface area (TPSA) is 43.8 Å². The first-order valence-corrected chi connectivity index (χ1v) is 5.91. The number of nitrogens with two attached hydrogens (primary N) is 1. The first-order valence-electron chi connectivity index (χ1n) is 5.03. The fourth-order valence-electron chi connectivity index (χ4n) is 1.55. The Morgan fingerprint density at radius 2 is 2.40 bits per heavy atom. The number of aryl methyl sites for hydroxylation is 3. The SMILES string of the molecule is Cc1ncsc1CCn1ccc(CN)c1. The van der Waals surface area contributed by atoms with E-state index in [1.165, 1.54) is 10.4 Å². The van der Waals surface area contributed by atoms with Gasteiger partial charge < -0.3 is 10.3 Å². The summed E-state index contributed by atoms with van der Waals surface area (Å²) in [6.45, 7) is 3.68. The maximum Gasteiger partial charge on any atom is 0.0797 e. The Morgan fingerprint density at radius 3 is 3.00 bits per heavy atom. The predicted molar refractivity (Wildman–Crippen MR) is 62.9 cm³/mol. The third-order valence-corrected chi connectivity index (χ3v) is 3.48. The lowest BCUT2D eigenvalue weighted by Crippen LogP contribution is -1.99. The Bertz CT molecular complexity index is 430. The summed E-state index contributed by atoms with van der Waals surface area (Å²) in [6.07, 6.45) is 5.24. The molecule has 80 valence electrons. The average Bonchev–Trinajstić information content (AvgIpc) is 2.84. The zero-order valence-corrected chi connectivity index (χ0v) is 9.63. The Morgan fingerprint density at radius 1 is 1.53 bits per heavy atom. The molecule has 0 aliphatic carbocycles. The van der Waals surface area contributed by atoms with Crippen LogP contribution in [0.25, 0.3) is 0 Å². The molecule has 0 bridgehead atoms. The summed E-state index contributed by atoms with van der Waals surface area (Å²) < 4.78 is 2.18. The molecule has 0 aliphatic heterocycles. The Hall–Kier alpha value is -1.13. The van der Waals surface area contributed by atoms with Crippen LogP contribution in [-0.2, 0) is 19.5 Å². The maximum atomic E-state index is 5.56. The van der Waals surface area contributed by atoms with Crippen LogP contribution in [0.3, 0.4) is 0 Å². The van der Waals surface area contributed by atoms with Gasteiger partial charge in [0.25, 0.3) is 0 Å². The smallest absolute Gasteiger partial charge is 0.0797 e. The van der Waals surface area contributed by atoms with Crippen molar-refractivity contribution >= 4 is 11.3 Å². The second-order valence-corrected chi connectivity index (χ2v) is 4.51. The van der Waals surface area contributed by atoms with Gasteiger partial charge in [0.1, 0.15) is 0 Å². The highest BCUT2D eigenvalue weighted by atomic mass is 32.1. The van der Waals surface area contributed by atoms with Gasteiger partial charge in [-0.3, -0.25) is 0 Å². The van der Waals surface area contributed by atoms with Crippen molar-refractivity contribution in [1.82, 2.24) is 9.55 Å². The molecule has 0 radical (unpaired) electrons. The number of hydrogen-bond acceptors (Lipinski definition) is 3. The van der Waals surface area contributed by atoms with Gasteiger partial charge in [-0.05, 0) is 18.6 Å². The van der Waals surface area contributed by atoms with E-state index in [-0.39, 0.29) is 0 Å². The molecule has 2 aromatic heterocycles. The standard InChI is InChI=1S/C11H15N3S/c1-9-11(15-8-13-9)3-5-14-4-2-10(6-12)7-14/h2,4,7-8H,3,5-6,12H2,1H3. The summed E-state index contributed by atoms with van der Waals surface area (Å²) in [5.41, 5.74) is 9.81. The number of nitrogens with zero attached hydrogens (tertiary/aromatic N) is 2. The molecule has 0 fully saturated rings. The molecular formula is C11H15N3S. The van der Waals surface area contributed by atoms with Crippen LogP contribution in [0.5, 0.6) is 0 Å². The Balaban J connectivity index is 1.96. The van der Waals surface area contributed by atoms with E-state index in [9.17, 15) is 0 Å². The van der Waals surface area contributed by atoms with Crippen LogP contribution < -0.4 is 5.73 Å². The second-order valence-electron chi connectivity index (χ2n) is 3.57. The molecule has 3 nitrogen and oxygen atoms in total. The predicted octanol–water partition coefficient (Wildman–Crippen LogP) is 1.95. The monoisotopic (exact) mass is 221 g/mol. The quantitative estimate of drug-likeness (QED) is 0.857. The Labute approximate surface area is 93.6 Å².